The molecule has 5 heteroatoms. The van der Waals surface area contributed by atoms with Crippen molar-refractivity contribution in [2.75, 3.05) is 6.54 Å². The van der Waals surface area contributed by atoms with Gasteiger partial charge in [-0.05, 0) is 39.5 Å². The van der Waals surface area contributed by atoms with Crippen LogP contribution in [0, 0.1) is 0 Å². The van der Waals surface area contributed by atoms with Gasteiger partial charge in [-0.25, -0.2) is 0 Å². The Morgan fingerprint density at radius 2 is 1.52 bits per heavy atom. The zero-order valence-electron chi connectivity index (χ0n) is 14.9. The van der Waals surface area contributed by atoms with E-state index in [0.29, 0.717) is 13.1 Å². The van der Waals surface area contributed by atoms with E-state index in [1.807, 2.05) is 53.4 Å². The summed E-state index contributed by atoms with van der Waals surface area (Å²) in [6.07, 6.45) is 2.42. The molecular formula is C22H21BrN2O2. The molecule has 0 N–H and O–H groups in total. The quantitative estimate of drug-likeness (QED) is 0.577. The Balaban J connectivity index is 1.76. The van der Waals surface area contributed by atoms with Crippen LogP contribution in [0.15, 0.2) is 88.3 Å². The van der Waals surface area contributed by atoms with Crippen molar-refractivity contribution in [1.29, 1.82) is 0 Å². The van der Waals surface area contributed by atoms with Gasteiger partial charge in [-0.15, -0.1) is 0 Å². The van der Waals surface area contributed by atoms with E-state index in [4.69, 9.17) is 0 Å². The minimum atomic E-state index is -0.186. The number of nitrogens with zero attached hydrogens (tertiary/aromatic N) is 2. The van der Waals surface area contributed by atoms with Crippen LogP contribution < -0.4 is 5.56 Å². The molecule has 27 heavy (non-hydrogen) atoms. The average Bonchev–Trinajstić information content (AvgIpc) is 2.69. The molecule has 1 amide bonds. The number of carbonyl (C=O) groups is 1. The van der Waals surface area contributed by atoms with E-state index in [-0.39, 0.29) is 18.0 Å². The van der Waals surface area contributed by atoms with Crippen molar-refractivity contribution in [3.8, 4) is 0 Å². The van der Waals surface area contributed by atoms with Crippen molar-refractivity contribution in [1.82, 2.24) is 9.47 Å². The van der Waals surface area contributed by atoms with Gasteiger partial charge >= 0.3 is 0 Å². The lowest BCUT2D eigenvalue weighted by atomic mass is 10.1. The van der Waals surface area contributed by atoms with Crippen molar-refractivity contribution in [2.24, 2.45) is 0 Å². The molecule has 0 saturated heterocycles. The average molecular weight is 425 g/mol. The number of benzene rings is 2. The minimum Gasteiger partial charge on any atom is -0.336 e. The summed E-state index contributed by atoms with van der Waals surface area (Å²) < 4.78 is 2.21. The van der Waals surface area contributed by atoms with Crippen molar-refractivity contribution in [3.63, 3.8) is 0 Å². The maximum Gasteiger partial charge on any atom is 0.251 e. The Morgan fingerprint density at radius 1 is 0.889 bits per heavy atom. The predicted octanol–water partition coefficient (Wildman–Crippen LogP) is 3.88. The minimum absolute atomic E-state index is 0.0277. The second-order valence-corrected chi connectivity index (χ2v) is 7.27. The second kappa shape index (κ2) is 9.33. The lowest BCUT2D eigenvalue weighted by Gasteiger charge is -2.23. The molecule has 0 bridgehead atoms. The zero-order chi connectivity index (χ0) is 19.1. The molecule has 1 heterocycles. The summed E-state index contributed by atoms with van der Waals surface area (Å²) in [6.45, 7) is 1.15. The third kappa shape index (κ3) is 5.66. The molecule has 138 valence electrons. The number of amides is 1. The monoisotopic (exact) mass is 424 g/mol. The molecule has 3 rings (SSSR count). The molecule has 0 unspecified atom stereocenters. The smallest absolute Gasteiger partial charge is 0.251 e. The first-order chi connectivity index (χ1) is 13.1. The van der Waals surface area contributed by atoms with Crippen LogP contribution >= 0.6 is 15.9 Å². The van der Waals surface area contributed by atoms with E-state index in [0.717, 1.165) is 16.5 Å². The van der Waals surface area contributed by atoms with Crippen molar-refractivity contribution < 1.29 is 4.79 Å². The molecule has 0 aliphatic heterocycles. The summed E-state index contributed by atoms with van der Waals surface area (Å²) in [5.41, 5.74) is 2.07. The predicted molar refractivity (Wildman–Crippen MR) is 110 cm³/mol. The Kier molecular flexibility index (Phi) is 6.60. The highest BCUT2D eigenvalue weighted by Crippen LogP contribution is 2.10. The molecule has 0 atom stereocenters. The van der Waals surface area contributed by atoms with Gasteiger partial charge in [0, 0.05) is 29.8 Å². The van der Waals surface area contributed by atoms with Gasteiger partial charge in [0.1, 0.15) is 6.54 Å². The number of hydrogen-bond donors (Lipinski definition) is 0. The molecule has 1 aromatic heterocycles. The number of aromatic nitrogens is 1. The van der Waals surface area contributed by atoms with E-state index in [1.165, 1.54) is 16.2 Å². The Hall–Kier alpha value is -2.66. The maximum atomic E-state index is 13.0. The first-order valence-electron chi connectivity index (χ1n) is 8.83. The largest absolute Gasteiger partial charge is 0.336 e. The third-order valence-electron chi connectivity index (χ3n) is 4.34. The summed E-state index contributed by atoms with van der Waals surface area (Å²) in [4.78, 5) is 26.8. The summed E-state index contributed by atoms with van der Waals surface area (Å²) in [5, 5.41) is 0. The van der Waals surface area contributed by atoms with E-state index < -0.39 is 0 Å². The van der Waals surface area contributed by atoms with Crippen LogP contribution in [0.3, 0.4) is 0 Å². The number of rotatable bonds is 7. The lowest BCUT2D eigenvalue weighted by molar-refractivity contribution is -0.132. The van der Waals surface area contributed by atoms with Crippen LogP contribution in [-0.2, 0) is 24.3 Å². The normalized spacial score (nSPS) is 10.6. The van der Waals surface area contributed by atoms with Crippen LogP contribution in [0.5, 0.6) is 0 Å². The van der Waals surface area contributed by atoms with E-state index in [2.05, 4.69) is 28.1 Å². The van der Waals surface area contributed by atoms with Gasteiger partial charge in [0.25, 0.3) is 5.56 Å². The van der Waals surface area contributed by atoms with Gasteiger partial charge in [0.15, 0.2) is 0 Å². The summed E-state index contributed by atoms with van der Waals surface area (Å²) in [5.74, 6) is -0.0741. The SMILES string of the molecule is O=C(Cn1cc(Br)ccc1=O)N(CCc1ccccc1)Cc1ccccc1. The van der Waals surface area contributed by atoms with E-state index in [9.17, 15) is 9.59 Å². The topological polar surface area (TPSA) is 42.3 Å². The van der Waals surface area contributed by atoms with Crippen LogP contribution in [-0.4, -0.2) is 21.9 Å². The fraction of sp³-hybridized carbons (Fsp3) is 0.182. The summed E-state index contributed by atoms with van der Waals surface area (Å²) >= 11 is 3.35. The Bertz CT molecular complexity index is 939. The first kappa shape index (κ1) is 19.1. The van der Waals surface area contributed by atoms with Crippen LogP contribution in [0.1, 0.15) is 11.1 Å². The Labute approximate surface area is 167 Å². The van der Waals surface area contributed by atoms with Crippen molar-refractivity contribution in [3.05, 3.63) is 105 Å². The fourth-order valence-electron chi connectivity index (χ4n) is 2.88. The number of carbonyl (C=O) groups excluding carboxylic acids is 1. The van der Waals surface area contributed by atoms with Crippen LogP contribution in [0.2, 0.25) is 0 Å². The van der Waals surface area contributed by atoms with Gasteiger partial charge in [-0.1, -0.05) is 60.7 Å². The molecule has 3 aromatic rings. The molecule has 0 saturated carbocycles. The molecule has 0 radical (unpaired) electrons. The lowest BCUT2D eigenvalue weighted by Crippen LogP contribution is -2.37. The first-order valence-corrected chi connectivity index (χ1v) is 9.63. The van der Waals surface area contributed by atoms with Gasteiger partial charge in [-0.2, -0.15) is 0 Å². The van der Waals surface area contributed by atoms with Gasteiger partial charge in [0.2, 0.25) is 5.91 Å². The highest BCUT2D eigenvalue weighted by molar-refractivity contribution is 9.10. The molecule has 0 aliphatic carbocycles. The molecular weight excluding hydrogens is 404 g/mol. The van der Waals surface area contributed by atoms with E-state index >= 15 is 0 Å². The van der Waals surface area contributed by atoms with Gasteiger partial charge in [0.05, 0.1) is 0 Å². The summed E-state index contributed by atoms with van der Waals surface area (Å²) in [7, 11) is 0. The molecule has 0 spiro atoms. The van der Waals surface area contributed by atoms with Crippen molar-refractivity contribution in [2.45, 2.75) is 19.5 Å². The number of pyridine rings is 1. The highest BCUT2D eigenvalue weighted by atomic mass is 79.9. The zero-order valence-corrected chi connectivity index (χ0v) is 16.5. The van der Waals surface area contributed by atoms with Gasteiger partial charge < -0.3 is 9.47 Å². The maximum absolute atomic E-state index is 13.0. The molecule has 0 fully saturated rings. The highest BCUT2D eigenvalue weighted by Gasteiger charge is 2.15. The molecule has 0 aliphatic rings. The van der Waals surface area contributed by atoms with Gasteiger partial charge in [-0.3, -0.25) is 9.59 Å². The Morgan fingerprint density at radius 3 is 2.19 bits per heavy atom. The molecule has 4 nitrogen and oxygen atoms in total. The fourth-order valence-corrected chi connectivity index (χ4v) is 3.26. The standard InChI is InChI=1S/C22H21BrN2O2/c23-20-11-12-21(26)25(16-20)17-22(27)24(15-19-9-5-2-6-10-19)14-13-18-7-3-1-4-8-18/h1-12,16H,13-15,17H2. The summed E-state index contributed by atoms with van der Waals surface area (Å²) in [6, 6.07) is 23.2. The van der Waals surface area contributed by atoms with Crippen LogP contribution in [0.4, 0.5) is 0 Å². The third-order valence-corrected chi connectivity index (χ3v) is 4.80. The number of halogens is 1. The second-order valence-electron chi connectivity index (χ2n) is 6.35. The number of hydrogen-bond acceptors (Lipinski definition) is 2. The molecule has 2 aromatic carbocycles. The van der Waals surface area contributed by atoms with E-state index in [1.54, 1.807) is 12.3 Å². The van der Waals surface area contributed by atoms with Crippen molar-refractivity contribution >= 4 is 21.8 Å². The van der Waals surface area contributed by atoms with Crippen LogP contribution in [0.25, 0.3) is 0 Å².